The minimum absolute atomic E-state index is 0.0514. The summed E-state index contributed by atoms with van der Waals surface area (Å²) in [5.74, 6) is -3.24. The number of allylic oxidation sites excluding steroid dienone is 1. The molecule has 2 fully saturated rings. The van der Waals surface area contributed by atoms with Crippen LogP contribution in [-0.2, 0) is 28.7 Å². The largest absolute Gasteiger partial charge is 0.455 e. The van der Waals surface area contributed by atoms with E-state index in [0.29, 0.717) is 55.4 Å². The van der Waals surface area contributed by atoms with Gasteiger partial charge in [0.25, 0.3) is 0 Å². The van der Waals surface area contributed by atoms with E-state index in [9.17, 15) is 24.3 Å². The number of fused-ring (bicyclic) bond motifs is 2. The van der Waals surface area contributed by atoms with E-state index >= 15 is 0 Å². The molecule has 10 nitrogen and oxygen atoms in total. The first-order valence-corrected chi connectivity index (χ1v) is 17.0. The van der Waals surface area contributed by atoms with Gasteiger partial charge in [0, 0.05) is 37.1 Å². The first-order valence-electron chi connectivity index (χ1n) is 16.2. The number of unbranched alkanes of at least 4 members (excludes halogenated alkanes) is 3. The van der Waals surface area contributed by atoms with Crippen molar-refractivity contribution in [2.24, 2.45) is 11.8 Å². The van der Waals surface area contributed by atoms with Crippen LogP contribution in [0.3, 0.4) is 0 Å². The van der Waals surface area contributed by atoms with Gasteiger partial charge in [0.05, 0.1) is 12.0 Å². The molecule has 0 radical (unpaired) electrons. The Labute approximate surface area is 273 Å². The maximum absolute atomic E-state index is 14.5. The molecule has 0 saturated carbocycles. The fourth-order valence-corrected chi connectivity index (χ4v) is 7.87. The fraction of sp³-hybridized carbons (Fsp3) is 0.588. The van der Waals surface area contributed by atoms with Crippen LogP contribution in [0.4, 0.5) is 0 Å². The van der Waals surface area contributed by atoms with E-state index in [1.807, 2.05) is 48.6 Å². The van der Waals surface area contributed by atoms with Crippen molar-refractivity contribution in [1.29, 1.82) is 0 Å². The van der Waals surface area contributed by atoms with Gasteiger partial charge in [0.15, 0.2) is 0 Å². The molecule has 1 aromatic rings. The maximum atomic E-state index is 14.5. The van der Waals surface area contributed by atoms with Crippen LogP contribution in [0.25, 0.3) is 0 Å². The molecule has 45 heavy (non-hydrogen) atoms. The topological polar surface area (TPSA) is 125 Å². The van der Waals surface area contributed by atoms with E-state index < -0.39 is 47.7 Å². The molecule has 0 aliphatic carbocycles. The number of amides is 3. The SMILES string of the molecule is CCCCN1C/C=C\CCC(=O)N[C@@H](C)[C@H](c2ccccc2)OC(=O)[C@H]2[C@@H]3O[C@@]4(C=C3Br)[C@@H]2C(=O)N(CCCCCO)[C@@H]4C1=O. The Kier molecular flexibility index (Phi) is 10.8. The van der Waals surface area contributed by atoms with Crippen LogP contribution >= 0.6 is 15.9 Å². The van der Waals surface area contributed by atoms with E-state index in [2.05, 4.69) is 28.2 Å². The minimum Gasteiger partial charge on any atom is -0.455 e. The van der Waals surface area contributed by atoms with Crippen LogP contribution in [0.2, 0.25) is 0 Å². The van der Waals surface area contributed by atoms with Crippen molar-refractivity contribution in [1.82, 2.24) is 15.1 Å². The molecule has 5 rings (SSSR count). The minimum atomic E-state index is -1.33. The molecule has 244 valence electrons. The molecule has 5 bridgehead atoms. The third kappa shape index (κ3) is 6.62. The third-order valence-electron chi connectivity index (χ3n) is 9.33. The summed E-state index contributed by atoms with van der Waals surface area (Å²) in [4.78, 5) is 59.4. The highest BCUT2D eigenvalue weighted by atomic mass is 79.9. The second kappa shape index (κ2) is 14.6. The van der Waals surface area contributed by atoms with E-state index in [4.69, 9.17) is 9.47 Å². The number of esters is 1. The summed E-state index contributed by atoms with van der Waals surface area (Å²) in [7, 11) is 0. The van der Waals surface area contributed by atoms with Crippen molar-refractivity contribution in [3.63, 3.8) is 0 Å². The molecule has 3 amide bonds. The number of hydrogen-bond acceptors (Lipinski definition) is 7. The Balaban J connectivity index is 1.57. The van der Waals surface area contributed by atoms with Gasteiger partial charge >= 0.3 is 5.97 Å². The predicted octanol–water partition coefficient (Wildman–Crippen LogP) is 3.79. The molecule has 11 heteroatoms. The first kappa shape index (κ1) is 33.3. The Morgan fingerprint density at radius 1 is 1.00 bits per heavy atom. The highest BCUT2D eigenvalue weighted by molar-refractivity contribution is 9.11. The average molecular weight is 687 g/mol. The van der Waals surface area contributed by atoms with E-state index in [1.54, 1.807) is 16.7 Å². The van der Waals surface area contributed by atoms with Crippen molar-refractivity contribution in [2.45, 2.75) is 88.7 Å². The van der Waals surface area contributed by atoms with Gasteiger partial charge in [-0.3, -0.25) is 19.2 Å². The zero-order valence-corrected chi connectivity index (χ0v) is 27.6. The second-order valence-corrected chi connectivity index (χ2v) is 13.3. The lowest BCUT2D eigenvalue weighted by molar-refractivity contribution is -0.161. The van der Waals surface area contributed by atoms with E-state index in [0.717, 1.165) is 12.8 Å². The highest BCUT2D eigenvalue weighted by Crippen LogP contribution is 2.59. The molecular formula is C34H44BrN3O7. The molecule has 0 unspecified atom stereocenters. The summed E-state index contributed by atoms with van der Waals surface area (Å²) in [5.41, 5.74) is -0.615. The number of ether oxygens (including phenoxy) is 2. The van der Waals surface area contributed by atoms with Crippen molar-refractivity contribution < 1.29 is 33.8 Å². The summed E-state index contributed by atoms with van der Waals surface area (Å²) in [6, 6.07) is 7.74. The number of cyclic esters (lactones) is 1. The smallest absolute Gasteiger partial charge is 0.313 e. The molecule has 1 aromatic carbocycles. The van der Waals surface area contributed by atoms with Crippen LogP contribution in [0, 0.1) is 11.8 Å². The van der Waals surface area contributed by atoms with Crippen molar-refractivity contribution >= 4 is 39.6 Å². The van der Waals surface area contributed by atoms with Crippen LogP contribution < -0.4 is 5.32 Å². The third-order valence-corrected chi connectivity index (χ3v) is 10.0. The number of aliphatic hydroxyl groups is 1. The molecule has 2 N–H and O–H groups in total. The predicted molar refractivity (Wildman–Crippen MR) is 171 cm³/mol. The number of benzene rings is 1. The van der Waals surface area contributed by atoms with Gasteiger partial charge in [-0.25, -0.2) is 0 Å². The molecule has 4 aliphatic heterocycles. The summed E-state index contributed by atoms with van der Waals surface area (Å²) >= 11 is 3.60. The van der Waals surface area contributed by atoms with Crippen LogP contribution in [0.1, 0.15) is 70.5 Å². The monoisotopic (exact) mass is 685 g/mol. The Morgan fingerprint density at radius 3 is 2.51 bits per heavy atom. The molecular weight excluding hydrogens is 642 g/mol. The molecule has 1 spiro atoms. The van der Waals surface area contributed by atoms with Crippen LogP contribution in [0.5, 0.6) is 0 Å². The number of rotatable bonds is 9. The van der Waals surface area contributed by atoms with Gasteiger partial charge in [-0.15, -0.1) is 0 Å². The summed E-state index contributed by atoms with van der Waals surface area (Å²) < 4.78 is 13.4. The summed E-state index contributed by atoms with van der Waals surface area (Å²) in [5, 5.41) is 12.3. The van der Waals surface area contributed by atoms with Crippen molar-refractivity contribution in [2.75, 3.05) is 26.2 Å². The number of carbonyl (C=O) groups excluding carboxylic acids is 4. The summed E-state index contributed by atoms with van der Waals surface area (Å²) in [6.45, 7) is 5.05. The van der Waals surface area contributed by atoms with Gasteiger partial charge in [0.2, 0.25) is 17.7 Å². The standard InChI is InChI=1S/C34H44BrN3O7/c1-3-4-17-37-18-11-6-10-16-25(40)36-22(2)28(23-14-8-5-9-15-23)44-33(43)26-27-31(41)38(19-12-7-13-20-39)30(32(37)42)34(27)21-24(35)29(26)45-34/h5-6,8-9,11,14-15,21-22,26-30,39H,3-4,7,10,12-13,16-20H2,1-2H3,(H,36,40)/b11-6-/t22-,26+,27-,28+,29+,30+,34-/m0/s1. The molecule has 7 atom stereocenters. The normalized spacial score (nSPS) is 32.8. The Hall–Kier alpha value is -3.02. The first-order chi connectivity index (χ1) is 21.7. The van der Waals surface area contributed by atoms with Gasteiger partial charge in [-0.2, -0.15) is 0 Å². The van der Waals surface area contributed by atoms with Crippen molar-refractivity contribution in [3.05, 3.63) is 58.6 Å². The fourth-order valence-electron chi connectivity index (χ4n) is 7.13. The van der Waals surface area contributed by atoms with E-state index in [1.165, 1.54) is 0 Å². The molecule has 4 aliphatic rings. The van der Waals surface area contributed by atoms with E-state index in [-0.39, 0.29) is 30.7 Å². The summed E-state index contributed by atoms with van der Waals surface area (Å²) in [6.07, 6.45) is 8.33. The van der Waals surface area contributed by atoms with Crippen molar-refractivity contribution in [3.8, 4) is 0 Å². The van der Waals surface area contributed by atoms with Gasteiger partial charge in [-0.1, -0.05) is 71.8 Å². The zero-order chi connectivity index (χ0) is 32.1. The average Bonchev–Trinajstić information content (AvgIpc) is 3.62. The van der Waals surface area contributed by atoms with Gasteiger partial charge in [0.1, 0.15) is 29.8 Å². The Bertz CT molecular complexity index is 1320. The number of hydrogen-bond donors (Lipinski definition) is 2. The second-order valence-electron chi connectivity index (χ2n) is 12.4. The van der Waals surface area contributed by atoms with Gasteiger partial charge < -0.3 is 29.7 Å². The number of nitrogens with zero attached hydrogens (tertiary/aromatic N) is 2. The number of halogens is 1. The zero-order valence-electron chi connectivity index (χ0n) is 26.0. The quantitative estimate of drug-likeness (QED) is 0.230. The van der Waals surface area contributed by atoms with Crippen LogP contribution in [0.15, 0.2) is 53.0 Å². The lowest BCUT2D eigenvalue weighted by Crippen LogP contribution is -2.56. The molecule has 2 saturated heterocycles. The maximum Gasteiger partial charge on any atom is 0.313 e. The van der Waals surface area contributed by atoms with Crippen LogP contribution in [-0.4, -0.2) is 88.6 Å². The highest BCUT2D eigenvalue weighted by Gasteiger charge is 2.74. The van der Waals surface area contributed by atoms with Gasteiger partial charge in [-0.05, 0) is 50.7 Å². The number of nitrogens with one attached hydrogen (secondary N) is 1. The lowest BCUT2D eigenvalue weighted by atomic mass is 9.74. The lowest BCUT2D eigenvalue weighted by Gasteiger charge is -2.36. The molecule has 0 aromatic heterocycles. The number of carbonyl (C=O) groups is 4. The molecule has 4 heterocycles. The number of likely N-dealkylation sites (tertiary alicyclic amines) is 1. The Morgan fingerprint density at radius 2 is 1.78 bits per heavy atom. The number of aliphatic hydroxyl groups excluding tert-OH is 1.